The van der Waals surface area contributed by atoms with E-state index < -0.39 is 75.7 Å². The van der Waals surface area contributed by atoms with Gasteiger partial charge in [0.1, 0.15) is 24.2 Å². The molecule has 0 aromatic rings. The van der Waals surface area contributed by atoms with Crippen LogP contribution in [0.25, 0.3) is 0 Å². The number of carboxylic acid groups (broad SMARTS) is 3. The molecule has 0 saturated heterocycles. The Labute approximate surface area is 379 Å². The first kappa shape index (κ1) is 60.2. The Morgan fingerprint density at radius 2 is 1.03 bits per heavy atom. The Morgan fingerprint density at radius 3 is 1.56 bits per heavy atom. The number of carbonyl (C=O) groups excluding carboxylic acids is 5. The molecule has 0 aromatic heterocycles. The van der Waals surface area contributed by atoms with Gasteiger partial charge in [-0.05, 0) is 38.5 Å². The van der Waals surface area contributed by atoms with Gasteiger partial charge in [-0.15, -0.1) is 0 Å². The predicted octanol–water partition coefficient (Wildman–Crippen LogP) is 6.25. The zero-order valence-electron chi connectivity index (χ0n) is 38.2. The molecule has 0 fully saturated rings. The number of unbranched alkanes of at least 4 members (excludes halogenated alkanes) is 15. The summed E-state index contributed by atoms with van der Waals surface area (Å²) in [5, 5.41) is 32.7. The molecule has 2 amide bonds. The summed E-state index contributed by atoms with van der Waals surface area (Å²) in [7, 11) is -4.72. The third kappa shape index (κ3) is 37.6. The number of hydrogen-bond acceptors (Lipinski definition) is 12. The second kappa shape index (κ2) is 38.5. The van der Waals surface area contributed by atoms with Crippen molar-refractivity contribution in [3.63, 3.8) is 0 Å². The first-order chi connectivity index (χ1) is 30.4. The van der Waals surface area contributed by atoms with Crippen LogP contribution in [-0.4, -0.2) is 120 Å². The number of rotatable bonds is 46. The summed E-state index contributed by atoms with van der Waals surface area (Å²) in [6.45, 7) is 1.91. The molecule has 6 N–H and O–H groups in total. The molecule has 19 heteroatoms. The van der Waals surface area contributed by atoms with E-state index in [-0.39, 0.29) is 76.6 Å². The average Bonchev–Trinajstić information content (AvgIpc) is 3.21. The van der Waals surface area contributed by atoms with Gasteiger partial charge in [0, 0.05) is 51.5 Å². The topological polar surface area (TPSA) is 294 Å². The maximum atomic E-state index is 13.0. The number of hydrogen-bond donors (Lipinski definition) is 6. The van der Waals surface area contributed by atoms with Crippen LogP contribution in [0.15, 0.2) is 0 Å². The van der Waals surface area contributed by atoms with E-state index >= 15 is 0 Å². The summed E-state index contributed by atoms with van der Waals surface area (Å²) in [5.41, 5.74) is 0. The minimum atomic E-state index is -4.72. The summed E-state index contributed by atoms with van der Waals surface area (Å²) in [4.78, 5) is 95.9. The molecule has 0 saturated carbocycles. The van der Waals surface area contributed by atoms with Crippen molar-refractivity contribution < 1.29 is 76.1 Å². The summed E-state index contributed by atoms with van der Waals surface area (Å²) in [6.07, 6.45) is 16.9. The summed E-state index contributed by atoms with van der Waals surface area (Å²) >= 11 is 0. The minimum absolute atomic E-state index is 0.0195. The third-order valence-corrected chi connectivity index (χ3v) is 11.5. The molecule has 370 valence electrons. The van der Waals surface area contributed by atoms with Crippen LogP contribution in [0.3, 0.4) is 0 Å². The van der Waals surface area contributed by atoms with Crippen LogP contribution < -0.4 is 10.6 Å². The van der Waals surface area contributed by atoms with Crippen molar-refractivity contribution >= 4 is 57.2 Å². The Morgan fingerprint density at radius 1 is 0.531 bits per heavy atom. The molecule has 0 rings (SSSR count). The molecule has 0 spiro atoms. The second-order valence-corrected chi connectivity index (χ2v) is 18.1. The van der Waals surface area contributed by atoms with E-state index in [0.29, 0.717) is 44.9 Å². The fourth-order valence-electron chi connectivity index (χ4n) is 7.08. The number of ketones is 3. The largest absolute Gasteiger partial charge is 0.481 e. The van der Waals surface area contributed by atoms with E-state index in [4.69, 9.17) is 14.6 Å². The highest BCUT2D eigenvalue weighted by atomic mass is 32.2. The van der Waals surface area contributed by atoms with Crippen LogP contribution in [-0.2, 0) is 57.9 Å². The normalized spacial score (nSPS) is 12.8. The fraction of sp³-hybridized carbons (Fsp3) is 0.822. The van der Waals surface area contributed by atoms with Gasteiger partial charge in [-0.25, -0.2) is 0 Å². The van der Waals surface area contributed by atoms with E-state index in [2.05, 4.69) is 10.6 Å². The zero-order valence-corrected chi connectivity index (χ0v) is 39.0. The quantitative estimate of drug-likeness (QED) is 0.0290. The standard InChI is InChI=1S/C45H78N2O16S/c1-2-20-37(48)22-17-15-16-21-35(44(55)56)31-38(49)33-63-30-29-62-28-27-46-41(51)26-25-36(45(57)58)32-40(50)39(34-64(59,60)61)47-42(52)23-18-13-11-9-7-5-3-4-6-8-10-12-14-19-24-43(53)54/h35-36,39H,2-34H2,1H3,(H,46,51)(H,47,52)(H,53,54)(H,55,56)(H,57,58)(H,59,60,61). The average molecular weight is 935 g/mol. The highest BCUT2D eigenvalue weighted by Gasteiger charge is 2.31. The van der Waals surface area contributed by atoms with Crippen molar-refractivity contribution in [2.75, 3.05) is 38.7 Å². The van der Waals surface area contributed by atoms with E-state index in [1.54, 1.807) is 0 Å². The van der Waals surface area contributed by atoms with Crippen LogP contribution in [0.4, 0.5) is 0 Å². The lowest BCUT2D eigenvalue weighted by Crippen LogP contribution is -2.46. The van der Waals surface area contributed by atoms with E-state index in [0.717, 1.165) is 77.0 Å². The molecule has 3 unspecified atom stereocenters. The highest BCUT2D eigenvalue weighted by Crippen LogP contribution is 2.18. The minimum Gasteiger partial charge on any atom is -0.481 e. The molecule has 0 heterocycles. The molecule has 0 aliphatic carbocycles. The van der Waals surface area contributed by atoms with Crippen LogP contribution in [0.1, 0.15) is 180 Å². The summed E-state index contributed by atoms with van der Waals surface area (Å²) in [6, 6.07) is -1.66. The highest BCUT2D eigenvalue weighted by molar-refractivity contribution is 7.85. The van der Waals surface area contributed by atoms with Crippen molar-refractivity contribution in [2.45, 2.75) is 186 Å². The smallest absolute Gasteiger partial charge is 0.306 e. The lowest BCUT2D eigenvalue weighted by molar-refractivity contribution is -0.145. The molecule has 0 aliphatic heterocycles. The Balaban J connectivity index is 4.35. The first-order valence-corrected chi connectivity index (χ1v) is 25.0. The Kier molecular flexibility index (Phi) is 36.2. The number of ether oxygens (including phenoxy) is 2. The number of nitrogens with one attached hydrogen (secondary N) is 2. The van der Waals surface area contributed by atoms with Crippen molar-refractivity contribution in [3.8, 4) is 0 Å². The number of aliphatic carboxylic acids is 3. The van der Waals surface area contributed by atoms with Gasteiger partial charge in [0.05, 0.1) is 31.7 Å². The molecule has 0 bridgehead atoms. The monoisotopic (exact) mass is 935 g/mol. The van der Waals surface area contributed by atoms with Crippen molar-refractivity contribution in [2.24, 2.45) is 11.8 Å². The van der Waals surface area contributed by atoms with Gasteiger partial charge in [-0.3, -0.25) is 42.9 Å². The van der Waals surface area contributed by atoms with Crippen LogP contribution in [0.2, 0.25) is 0 Å². The molecule has 18 nitrogen and oxygen atoms in total. The van der Waals surface area contributed by atoms with Gasteiger partial charge in [-0.1, -0.05) is 96.8 Å². The van der Waals surface area contributed by atoms with Crippen molar-refractivity contribution in [1.29, 1.82) is 0 Å². The SMILES string of the molecule is CCCC(=O)CCCCCC(CC(=O)COCCOCCNC(=O)CCC(CC(=O)C(CS(=O)(=O)O)NC(=O)CCCCCCCCCCCCCCCCC(=O)O)C(=O)O)C(=O)O. The van der Waals surface area contributed by atoms with Crippen LogP contribution >= 0.6 is 0 Å². The number of carbonyl (C=O) groups is 8. The number of carboxylic acids is 3. The third-order valence-electron chi connectivity index (χ3n) is 10.7. The van der Waals surface area contributed by atoms with Gasteiger partial charge in [0.15, 0.2) is 11.6 Å². The fourth-order valence-corrected chi connectivity index (χ4v) is 7.77. The zero-order chi connectivity index (χ0) is 48.0. The summed E-state index contributed by atoms with van der Waals surface area (Å²) in [5.74, 6) is -8.71. The molecule has 3 atom stereocenters. The van der Waals surface area contributed by atoms with Crippen molar-refractivity contribution in [3.05, 3.63) is 0 Å². The number of Topliss-reactive ketones (excluding diaryl/α,β-unsaturated/α-hetero) is 3. The van der Waals surface area contributed by atoms with E-state index in [9.17, 15) is 61.5 Å². The lowest BCUT2D eigenvalue weighted by atomic mass is 9.94. The van der Waals surface area contributed by atoms with E-state index in [1.165, 1.54) is 12.8 Å². The predicted molar refractivity (Wildman–Crippen MR) is 238 cm³/mol. The van der Waals surface area contributed by atoms with Gasteiger partial charge < -0.3 is 35.4 Å². The van der Waals surface area contributed by atoms with Crippen LogP contribution in [0, 0.1) is 11.8 Å². The molecule has 0 aromatic carbocycles. The van der Waals surface area contributed by atoms with E-state index in [1.807, 2.05) is 6.92 Å². The van der Waals surface area contributed by atoms with Gasteiger partial charge in [-0.2, -0.15) is 8.42 Å². The van der Waals surface area contributed by atoms with Crippen molar-refractivity contribution in [1.82, 2.24) is 10.6 Å². The van der Waals surface area contributed by atoms with Gasteiger partial charge in [0.2, 0.25) is 11.8 Å². The maximum Gasteiger partial charge on any atom is 0.306 e. The summed E-state index contributed by atoms with van der Waals surface area (Å²) < 4.78 is 43.4. The maximum absolute atomic E-state index is 13.0. The number of amides is 2. The molecular formula is C45H78N2O16S. The van der Waals surface area contributed by atoms with Gasteiger partial charge in [0.25, 0.3) is 10.1 Å². The van der Waals surface area contributed by atoms with Crippen LogP contribution in [0.5, 0.6) is 0 Å². The molecular weight excluding hydrogens is 857 g/mol. The lowest BCUT2D eigenvalue weighted by Gasteiger charge is -2.19. The molecule has 0 radical (unpaired) electrons. The molecule has 0 aliphatic rings. The Bertz CT molecular complexity index is 1490. The second-order valence-electron chi connectivity index (χ2n) is 16.6. The Hall–Kier alpha value is -3.81. The molecule has 64 heavy (non-hydrogen) atoms. The van der Waals surface area contributed by atoms with Gasteiger partial charge >= 0.3 is 17.9 Å². The first-order valence-electron chi connectivity index (χ1n) is 23.3.